The van der Waals surface area contributed by atoms with Gasteiger partial charge in [0.25, 0.3) is 0 Å². The minimum atomic E-state index is -0.379. The van der Waals surface area contributed by atoms with Crippen LogP contribution in [-0.2, 0) is 9.47 Å². The summed E-state index contributed by atoms with van der Waals surface area (Å²) >= 11 is 0. The lowest BCUT2D eigenvalue weighted by atomic mass is 10.1. The molecule has 29 heavy (non-hydrogen) atoms. The Bertz CT molecular complexity index is 1010. The molecular formula is C21H23N5O3. The van der Waals surface area contributed by atoms with Crippen LogP contribution in [0.5, 0.6) is 0 Å². The fourth-order valence-electron chi connectivity index (χ4n) is 3.37. The number of aryl methyl sites for hydroxylation is 1. The molecule has 1 fully saturated rings. The Hall–Kier alpha value is -3.26. The van der Waals surface area contributed by atoms with Crippen LogP contribution in [0.3, 0.4) is 0 Å². The second-order valence-electron chi connectivity index (χ2n) is 7.00. The number of nitrogens with zero attached hydrogens (tertiary/aromatic N) is 4. The first-order valence-corrected chi connectivity index (χ1v) is 9.55. The van der Waals surface area contributed by atoms with Gasteiger partial charge in [0.1, 0.15) is 0 Å². The van der Waals surface area contributed by atoms with E-state index < -0.39 is 0 Å². The maximum atomic E-state index is 11.8. The summed E-state index contributed by atoms with van der Waals surface area (Å²) in [6, 6.07) is 7.47. The lowest BCUT2D eigenvalue weighted by molar-refractivity contribution is 0.0549. The normalized spacial score (nSPS) is 16.4. The molecule has 4 rings (SSSR count). The maximum Gasteiger partial charge on any atom is 0.337 e. The summed E-state index contributed by atoms with van der Waals surface area (Å²) in [5.41, 5.74) is 3.78. The smallest absolute Gasteiger partial charge is 0.337 e. The summed E-state index contributed by atoms with van der Waals surface area (Å²) in [5.74, 6) is 0.0875. The molecule has 0 saturated carbocycles. The number of ether oxygens (including phenoxy) is 2. The number of hydrogen-bond acceptors (Lipinski definition) is 7. The van der Waals surface area contributed by atoms with Crippen LogP contribution in [0.2, 0.25) is 0 Å². The number of aromatic nitrogens is 4. The number of benzene rings is 1. The summed E-state index contributed by atoms with van der Waals surface area (Å²) in [5, 5.41) is 7.65. The number of methoxy groups -OCH3 is 1. The van der Waals surface area contributed by atoms with Crippen molar-refractivity contribution in [2.24, 2.45) is 0 Å². The molecule has 1 aliphatic heterocycles. The van der Waals surface area contributed by atoms with Crippen LogP contribution in [-0.4, -0.2) is 46.0 Å². The Morgan fingerprint density at radius 3 is 3.03 bits per heavy atom. The molecule has 1 unspecified atom stereocenters. The molecule has 1 saturated heterocycles. The standard InChI is InChI=1S/C21H23N5O3/c1-14-10-22-21(24-17-11-23-26(12-17)18-7-4-8-29-13-18)25-19(14)15-5-3-6-16(9-15)20(27)28-2/h3,5-6,9-12,18H,4,7-8,13H2,1-2H3,(H,22,24,25). The molecule has 0 spiro atoms. The molecule has 3 aromatic rings. The highest BCUT2D eigenvalue weighted by atomic mass is 16.5. The number of rotatable bonds is 5. The van der Waals surface area contributed by atoms with E-state index in [1.165, 1.54) is 7.11 Å². The van der Waals surface area contributed by atoms with Gasteiger partial charge in [0.2, 0.25) is 5.95 Å². The first kappa shape index (κ1) is 19.1. The molecule has 0 amide bonds. The van der Waals surface area contributed by atoms with Gasteiger partial charge >= 0.3 is 5.97 Å². The van der Waals surface area contributed by atoms with Crippen LogP contribution in [0, 0.1) is 6.92 Å². The molecule has 150 valence electrons. The van der Waals surface area contributed by atoms with E-state index in [1.54, 1.807) is 24.5 Å². The Kier molecular flexibility index (Phi) is 5.53. The van der Waals surface area contributed by atoms with Gasteiger partial charge in [-0.3, -0.25) is 4.68 Å². The molecule has 1 aromatic carbocycles. The van der Waals surface area contributed by atoms with Gasteiger partial charge in [-0.25, -0.2) is 14.8 Å². The van der Waals surface area contributed by atoms with E-state index in [9.17, 15) is 4.79 Å². The highest BCUT2D eigenvalue weighted by Crippen LogP contribution is 2.25. The highest BCUT2D eigenvalue weighted by molar-refractivity contribution is 5.90. The minimum absolute atomic E-state index is 0.259. The van der Waals surface area contributed by atoms with Gasteiger partial charge in [0.15, 0.2) is 0 Å². The molecule has 1 N–H and O–H groups in total. The number of carbonyl (C=O) groups excluding carboxylic acids is 1. The van der Waals surface area contributed by atoms with Crippen molar-refractivity contribution in [1.82, 2.24) is 19.7 Å². The third-order valence-corrected chi connectivity index (χ3v) is 4.90. The lowest BCUT2D eigenvalue weighted by Gasteiger charge is -2.22. The van der Waals surface area contributed by atoms with E-state index in [4.69, 9.17) is 9.47 Å². The Morgan fingerprint density at radius 2 is 2.24 bits per heavy atom. The first-order chi connectivity index (χ1) is 14.1. The molecule has 1 aliphatic rings. The highest BCUT2D eigenvalue weighted by Gasteiger charge is 2.17. The quantitative estimate of drug-likeness (QED) is 0.663. The van der Waals surface area contributed by atoms with Crippen LogP contribution in [0.1, 0.15) is 34.8 Å². The van der Waals surface area contributed by atoms with E-state index in [2.05, 4.69) is 20.4 Å². The second-order valence-corrected chi connectivity index (χ2v) is 7.00. The number of hydrogen-bond donors (Lipinski definition) is 1. The van der Waals surface area contributed by atoms with Crippen LogP contribution in [0.25, 0.3) is 11.3 Å². The van der Waals surface area contributed by atoms with Gasteiger partial charge < -0.3 is 14.8 Å². The SMILES string of the molecule is COC(=O)c1cccc(-c2nc(Nc3cnn(C4CCCOC4)c3)ncc2C)c1. The van der Waals surface area contributed by atoms with Gasteiger partial charge in [-0.2, -0.15) is 5.10 Å². The Morgan fingerprint density at radius 1 is 1.34 bits per heavy atom. The van der Waals surface area contributed by atoms with Crippen molar-refractivity contribution < 1.29 is 14.3 Å². The topological polar surface area (TPSA) is 91.2 Å². The van der Waals surface area contributed by atoms with Crippen molar-refractivity contribution in [1.29, 1.82) is 0 Å². The zero-order valence-electron chi connectivity index (χ0n) is 16.5. The van der Waals surface area contributed by atoms with E-state index >= 15 is 0 Å². The average molecular weight is 393 g/mol. The molecule has 1 atom stereocenters. The summed E-state index contributed by atoms with van der Waals surface area (Å²) in [7, 11) is 1.37. The van der Waals surface area contributed by atoms with E-state index in [1.807, 2.05) is 29.9 Å². The maximum absolute atomic E-state index is 11.8. The Labute approximate surface area is 168 Å². The zero-order chi connectivity index (χ0) is 20.2. The molecular weight excluding hydrogens is 370 g/mol. The number of esters is 1. The molecule has 8 nitrogen and oxygen atoms in total. The van der Waals surface area contributed by atoms with Crippen LogP contribution in [0.15, 0.2) is 42.9 Å². The van der Waals surface area contributed by atoms with Crippen molar-refractivity contribution in [2.45, 2.75) is 25.8 Å². The first-order valence-electron chi connectivity index (χ1n) is 9.55. The predicted octanol–water partition coefficient (Wildman–Crippen LogP) is 3.53. The molecule has 2 aromatic heterocycles. The van der Waals surface area contributed by atoms with Crippen molar-refractivity contribution in [3.05, 3.63) is 54.0 Å². The summed E-state index contributed by atoms with van der Waals surface area (Å²) < 4.78 is 12.3. The van der Waals surface area contributed by atoms with Crippen LogP contribution in [0.4, 0.5) is 11.6 Å². The van der Waals surface area contributed by atoms with Crippen LogP contribution >= 0.6 is 0 Å². The number of carbonyl (C=O) groups is 1. The molecule has 0 bridgehead atoms. The van der Waals surface area contributed by atoms with Gasteiger partial charge in [0, 0.05) is 24.6 Å². The molecule has 0 aliphatic carbocycles. The van der Waals surface area contributed by atoms with Crippen molar-refractivity contribution in [2.75, 3.05) is 25.6 Å². The molecule has 3 heterocycles. The van der Waals surface area contributed by atoms with E-state index in [0.29, 0.717) is 18.1 Å². The number of anilines is 2. The third kappa shape index (κ3) is 4.27. The van der Waals surface area contributed by atoms with Gasteiger partial charge in [-0.15, -0.1) is 0 Å². The minimum Gasteiger partial charge on any atom is -0.465 e. The summed E-state index contributed by atoms with van der Waals surface area (Å²) in [6.45, 7) is 3.44. The van der Waals surface area contributed by atoms with Crippen molar-refractivity contribution in [3.63, 3.8) is 0 Å². The monoisotopic (exact) mass is 393 g/mol. The fraction of sp³-hybridized carbons (Fsp3) is 0.333. The summed E-state index contributed by atoms with van der Waals surface area (Å²) in [6.07, 6.45) is 7.57. The van der Waals surface area contributed by atoms with Gasteiger partial charge in [-0.1, -0.05) is 12.1 Å². The molecule has 8 heteroatoms. The largest absolute Gasteiger partial charge is 0.465 e. The lowest BCUT2D eigenvalue weighted by Crippen LogP contribution is -2.21. The Balaban J connectivity index is 1.56. The van der Waals surface area contributed by atoms with Gasteiger partial charge in [0.05, 0.1) is 42.9 Å². The van der Waals surface area contributed by atoms with E-state index in [-0.39, 0.29) is 12.0 Å². The number of nitrogens with one attached hydrogen (secondary N) is 1. The van der Waals surface area contributed by atoms with E-state index in [0.717, 1.165) is 42.0 Å². The van der Waals surface area contributed by atoms with Crippen LogP contribution < -0.4 is 5.32 Å². The zero-order valence-corrected chi connectivity index (χ0v) is 16.5. The van der Waals surface area contributed by atoms with Crippen molar-refractivity contribution in [3.8, 4) is 11.3 Å². The third-order valence-electron chi connectivity index (χ3n) is 4.90. The second kappa shape index (κ2) is 8.40. The van der Waals surface area contributed by atoms with Gasteiger partial charge in [-0.05, 0) is 37.5 Å². The predicted molar refractivity (Wildman–Crippen MR) is 108 cm³/mol. The summed E-state index contributed by atoms with van der Waals surface area (Å²) in [4.78, 5) is 20.9. The average Bonchev–Trinajstić information content (AvgIpc) is 3.24. The molecule has 0 radical (unpaired) electrons. The van der Waals surface area contributed by atoms with Crippen molar-refractivity contribution >= 4 is 17.6 Å². The fourth-order valence-corrected chi connectivity index (χ4v) is 3.37.